The van der Waals surface area contributed by atoms with Crippen LogP contribution in [0.3, 0.4) is 0 Å². The lowest BCUT2D eigenvalue weighted by atomic mass is 9.90. The second-order valence-electron chi connectivity index (χ2n) is 11.0. The van der Waals surface area contributed by atoms with Gasteiger partial charge in [-0.1, -0.05) is 30.3 Å². The summed E-state index contributed by atoms with van der Waals surface area (Å²) in [5.41, 5.74) is 0.0368. The second kappa shape index (κ2) is 12.9. The van der Waals surface area contributed by atoms with Crippen molar-refractivity contribution in [2.75, 3.05) is 54.4 Å². The van der Waals surface area contributed by atoms with Gasteiger partial charge < -0.3 is 29.2 Å². The third-order valence-corrected chi connectivity index (χ3v) is 7.55. The van der Waals surface area contributed by atoms with E-state index in [1.807, 2.05) is 35.2 Å². The first-order valence-electron chi connectivity index (χ1n) is 14.4. The summed E-state index contributed by atoms with van der Waals surface area (Å²) in [5.74, 6) is -1.04. The summed E-state index contributed by atoms with van der Waals surface area (Å²) < 4.78 is 52.4. The van der Waals surface area contributed by atoms with E-state index < -0.39 is 23.5 Å². The predicted octanol–water partition coefficient (Wildman–Crippen LogP) is 5.78. The van der Waals surface area contributed by atoms with Gasteiger partial charge in [-0.3, -0.25) is 4.79 Å². The molecule has 0 bridgehead atoms. The van der Waals surface area contributed by atoms with Gasteiger partial charge in [-0.15, -0.1) is 0 Å². The number of hydrogen-bond donors (Lipinski definition) is 1. The molecule has 0 atom stereocenters. The number of carbonyl (C=O) groups excluding carboxylic acids is 2. The van der Waals surface area contributed by atoms with Gasteiger partial charge in [0, 0.05) is 39.3 Å². The Hall–Kier alpha value is -4.29. The molecule has 0 radical (unpaired) electrons. The van der Waals surface area contributed by atoms with Crippen LogP contribution in [0.1, 0.15) is 60.8 Å². The number of piperidine rings is 1. The molecule has 4 heterocycles. The van der Waals surface area contributed by atoms with Crippen LogP contribution in [-0.2, 0) is 10.9 Å². The number of halogens is 3. The zero-order valence-electron chi connectivity index (χ0n) is 24.1. The summed E-state index contributed by atoms with van der Waals surface area (Å²) in [6.45, 7) is 6.72. The number of hydrogen-bond acceptors (Lipinski definition) is 8. The van der Waals surface area contributed by atoms with Crippen LogP contribution in [0.25, 0.3) is 0 Å². The number of oxazole rings is 1. The molecule has 13 heteroatoms. The van der Waals surface area contributed by atoms with Gasteiger partial charge in [0.2, 0.25) is 5.76 Å². The zero-order valence-corrected chi connectivity index (χ0v) is 24.1. The third-order valence-electron chi connectivity index (χ3n) is 7.55. The number of amides is 2. The lowest BCUT2D eigenvalue weighted by molar-refractivity contribution is -0.141. The van der Waals surface area contributed by atoms with Crippen molar-refractivity contribution in [2.45, 2.75) is 51.3 Å². The van der Waals surface area contributed by atoms with Crippen LogP contribution in [0.15, 0.2) is 53.1 Å². The molecule has 5 rings (SSSR count). The van der Waals surface area contributed by atoms with E-state index in [9.17, 15) is 22.8 Å². The van der Waals surface area contributed by atoms with Crippen molar-refractivity contribution in [2.24, 2.45) is 0 Å². The van der Waals surface area contributed by atoms with Gasteiger partial charge in [0.1, 0.15) is 5.82 Å². The molecule has 1 aromatic carbocycles. The molecule has 2 aromatic heterocycles. The van der Waals surface area contributed by atoms with Crippen LogP contribution in [0.5, 0.6) is 0 Å². The lowest BCUT2D eigenvalue weighted by Gasteiger charge is -2.31. The van der Waals surface area contributed by atoms with Gasteiger partial charge in [-0.05, 0) is 56.7 Å². The first kappa shape index (κ1) is 30.2. The summed E-state index contributed by atoms with van der Waals surface area (Å²) in [6.07, 6.45) is -1.89. The van der Waals surface area contributed by atoms with Crippen molar-refractivity contribution in [3.05, 3.63) is 65.7 Å². The lowest BCUT2D eigenvalue weighted by Crippen LogP contribution is -2.36. The maximum absolute atomic E-state index is 13.9. The fourth-order valence-corrected chi connectivity index (χ4v) is 5.36. The van der Waals surface area contributed by atoms with Crippen LogP contribution in [-0.4, -0.2) is 72.2 Å². The average Bonchev–Trinajstić information content (AvgIpc) is 3.31. The molecule has 2 fully saturated rings. The highest BCUT2D eigenvalue weighted by molar-refractivity contribution is 6.03. The standard InChI is InChI=1S/C30H35F3N6O4/c1-20(2)42-29(41)39-14-6-13-37(17-18-39)24-10-9-23(19-34-24)35-27(40)25-26(30(31,32)33)36-28(43-25)38-15-11-22(12-16-38)21-7-4-3-5-8-21/h3-5,7-10,19-20,22H,6,11-18H2,1-2H3,(H,35,40). The molecule has 0 saturated carbocycles. The molecule has 0 aliphatic carbocycles. The predicted molar refractivity (Wildman–Crippen MR) is 154 cm³/mol. The number of rotatable bonds is 6. The first-order chi connectivity index (χ1) is 20.6. The smallest absolute Gasteiger partial charge is 0.437 e. The van der Waals surface area contributed by atoms with E-state index in [1.165, 1.54) is 11.8 Å². The van der Waals surface area contributed by atoms with E-state index in [-0.39, 0.29) is 23.9 Å². The topological polar surface area (TPSA) is 104 Å². The summed E-state index contributed by atoms with van der Waals surface area (Å²) in [5, 5.41) is 2.46. The molecule has 2 aliphatic heterocycles. The molecular formula is C30H35F3N6O4. The fourth-order valence-electron chi connectivity index (χ4n) is 5.36. The van der Waals surface area contributed by atoms with Crippen LogP contribution in [0.4, 0.5) is 35.5 Å². The summed E-state index contributed by atoms with van der Waals surface area (Å²) >= 11 is 0. The molecule has 0 unspecified atom stereocenters. The quantitative estimate of drug-likeness (QED) is 0.380. The zero-order chi connectivity index (χ0) is 30.6. The number of pyridine rings is 1. The van der Waals surface area contributed by atoms with E-state index >= 15 is 0 Å². The van der Waals surface area contributed by atoms with E-state index in [1.54, 1.807) is 35.8 Å². The van der Waals surface area contributed by atoms with Crippen LogP contribution in [0.2, 0.25) is 0 Å². The third kappa shape index (κ3) is 7.38. The maximum atomic E-state index is 13.9. The normalized spacial score (nSPS) is 16.7. The number of nitrogens with one attached hydrogen (secondary N) is 1. The SMILES string of the molecule is CC(C)OC(=O)N1CCCN(c2ccc(NC(=O)c3oc(N4CCC(c5ccccc5)CC4)nc3C(F)(F)F)cn2)CC1. The molecule has 2 aliphatic rings. The maximum Gasteiger partial charge on any atom is 0.437 e. The fraction of sp³-hybridized carbons (Fsp3) is 0.467. The Morgan fingerprint density at radius 3 is 2.37 bits per heavy atom. The molecule has 43 heavy (non-hydrogen) atoms. The highest BCUT2D eigenvalue weighted by Gasteiger charge is 2.42. The number of ether oxygens (including phenoxy) is 1. The molecule has 230 valence electrons. The van der Waals surface area contributed by atoms with Crippen molar-refractivity contribution >= 4 is 29.5 Å². The van der Waals surface area contributed by atoms with Gasteiger partial charge in [0.15, 0.2) is 5.69 Å². The van der Waals surface area contributed by atoms with Gasteiger partial charge in [0.25, 0.3) is 11.9 Å². The van der Waals surface area contributed by atoms with Crippen molar-refractivity contribution in [3.8, 4) is 0 Å². The minimum Gasteiger partial charge on any atom is -0.447 e. The minimum atomic E-state index is -4.87. The van der Waals surface area contributed by atoms with Gasteiger partial charge in [-0.2, -0.15) is 18.2 Å². The Morgan fingerprint density at radius 1 is 0.977 bits per heavy atom. The average molecular weight is 601 g/mol. The Labute approximate surface area is 247 Å². The minimum absolute atomic E-state index is 0.204. The summed E-state index contributed by atoms with van der Waals surface area (Å²) in [4.78, 5) is 38.6. The van der Waals surface area contributed by atoms with Crippen LogP contribution < -0.4 is 15.1 Å². The monoisotopic (exact) mass is 600 g/mol. The molecule has 1 N–H and O–H groups in total. The number of aromatic nitrogens is 2. The molecular weight excluding hydrogens is 565 g/mol. The Bertz CT molecular complexity index is 1390. The number of alkyl halides is 3. The van der Waals surface area contributed by atoms with Crippen molar-refractivity contribution in [3.63, 3.8) is 0 Å². The van der Waals surface area contributed by atoms with E-state index in [2.05, 4.69) is 15.3 Å². The van der Waals surface area contributed by atoms with Gasteiger partial charge >= 0.3 is 12.3 Å². The van der Waals surface area contributed by atoms with Crippen LogP contribution in [0, 0.1) is 0 Å². The number of anilines is 3. The van der Waals surface area contributed by atoms with Crippen molar-refractivity contribution < 1.29 is 31.9 Å². The Kier molecular flexibility index (Phi) is 9.07. The molecule has 10 nitrogen and oxygen atoms in total. The van der Waals surface area contributed by atoms with Crippen molar-refractivity contribution in [1.29, 1.82) is 0 Å². The second-order valence-corrected chi connectivity index (χ2v) is 11.0. The molecule has 0 spiro atoms. The largest absolute Gasteiger partial charge is 0.447 e. The molecule has 2 amide bonds. The number of carbonyl (C=O) groups is 2. The summed E-state index contributed by atoms with van der Waals surface area (Å²) in [6, 6.07) is 13.0. The van der Waals surface area contributed by atoms with Crippen molar-refractivity contribution in [1.82, 2.24) is 14.9 Å². The highest BCUT2D eigenvalue weighted by Crippen LogP contribution is 2.36. The highest BCUT2D eigenvalue weighted by atomic mass is 19.4. The molecule has 2 saturated heterocycles. The summed E-state index contributed by atoms with van der Waals surface area (Å²) in [7, 11) is 0. The van der Waals surface area contributed by atoms with Gasteiger partial charge in [0.05, 0.1) is 18.0 Å². The van der Waals surface area contributed by atoms with E-state index in [4.69, 9.17) is 9.15 Å². The van der Waals surface area contributed by atoms with Crippen LogP contribution >= 0.6 is 0 Å². The first-order valence-corrected chi connectivity index (χ1v) is 14.4. The van der Waals surface area contributed by atoms with Gasteiger partial charge in [-0.25, -0.2) is 9.78 Å². The number of benzene rings is 1. The molecule has 3 aromatic rings. The Morgan fingerprint density at radius 2 is 1.72 bits per heavy atom. The van der Waals surface area contributed by atoms with E-state index in [0.29, 0.717) is 57.4 Å². The number of nitrogens with zero attached hydrogens (tertiary/aromatic N) is 5. The Balaban J connectivity index is 1.22. The van der Waals surface area contributed by atoms with E-state index in [0.717, 1.165) is 12.8 Å².